The molecular formula is C17H18N2O7S. The second kappa shape index (κ2) is 8.06. The van der Waals surface area contributed by atoms with Gasteiger partial charge in [0.05, 0.1) is 26.9 Å². The van der Waals surface area contributed by atoms with Gasteiger partial charge in [-0.05, 0) is 30.4 Å². The van der Waals surface area contributed by atoms with E-state index in [4.69, 9.17) is 19.3 Å². The summed E-state index contributed by atoms with van der Waals surface area (Å²) in [5, 5.41) is 5.25. The minimum absolute atomic E-state index is 0.0370. The SMILES string of the molecule is COC(=O)C1=C(C(=O)OC)N(c2ccc(OC)c(S(N)(=O)=O)c2)C=CC=C1. The zero-order valence-corrected chi connectivity index (χ0v) is 15.6. The number of allylic oxidation sites excluding steroid dienone is 2. The van der Waals surface area contributed by atoms with Gasteiger partial charge in [0, 0.05) is 11.9 Å². The van der Waals surface area contributed by atoms with Crippen molar-refractivity contribution in [3.8, 4) is 5.75 Å². The van der Waals surface area contributed by atoms with Gasteiger partial charge in [0.2, 0.25) is 10.0 Å². The van der Waals surface area contributed by atoms with Gasteiger partial charge in [-0.2, -0.15) is 0 Å². The molecule has 27 heavy (non-hydrogen) atoms. The van der Waals surface area contributed by atoms with Crippen LogP contribution in [-0.4, -0.2) is 41.7 Å². The van der Waals surface area contributed by atoms with E-state index < -0.39 is 22.0 Å². The van der Waals surface area contributed by atoms with E-state index >= 15 is 0 Å². The summed E-state index contributed by atoms with van der Waals surface area (Å²) in [6.07, 6.45) is 5.94. The monoisotopic (exact) mass is 394 g/mol. The maximum Gasteiger partial charge on any atom is 0.355 e. The summed E-state index contributed by atoms with van der Waals surface area (Å²) < 4.78 is 38.3. The fourth-order valence-corrected chi connectivity index (χ4v) is 3.12. The van der Waals surface area contributed by atoms with E-state index in [1.807, 2.05) is 0 Å². The smallest absolute Gasteiger partial charge is 0.355 e. The van der Waals surface area contributed by atoms with Crippen molar-refractivity contribution in [3.05, 3.63) is 53.9 Å². The van der Waals surface area contributed by atoms with Crippen molar-refractivity contribution < 1.29 is 32.2 Å². The number of anilines is 1. The lowest BCUT2D eigenvalue weighted by Crippen LogP contribution is -2.27. The first-order valence-corrected chi connectivity index (χ1v) is 9.05. The Morgan fingerprint density at radius 3 is 2.26 bits per heavy atom. The number of methoxy groups -OCH3 is 3. The standard InChI is InChI=1S/C17H18N2O7S/c1-24-13-8-7-11(10-14(13)27(18,22)23)19-9-5-4-6-12(16(20)25-2)15(19)17(21)26-3/h4-10H,1-3H3,(H2,18,22,23). The Labute approximate surface area is 156 Å². The zero-order chi connectivity index (χ0) is 20.2. The van der Waals surface area contributed by atoms with E-state index in [-0.39, 0.29) is 27.6 Å². The number of nitrogens with two attached hydrogens (primary N) is 1. The Bertz CT molecular complexity index is 961. The molecule has 144 valence electrons. The molecule has 2 rings (SSSR count). The molecule has 1 aliphatic heterocycles. The van der Waals surface area contributed by atoms with Crippen molar-refractivity contribution in [2.75, 3.05) is 26.2 Å². The van der Waals surface area contributed by atoms with Gasteiger partial charge in [-0.15, -0.1) is 0 Å². The first-order valence-electron chi connectivity index (χ1n) is 7.50. The molecule has 0 saturated carbocycles. The highest BCUT2D eigenvalue weighted by Gasteiger charge is 2.28. The highest BCUT2D eigenvalue weighted by molar-refractivity contribution is 7.89. The first-order chi connectivity index (χ1) is 12.7. The number of sulfonamides is 1. The lowest BCUT2D eigenvalue weighted by Gasteiger charge is -2.23. The lowest BCUT2D eigenvalue weighted by molar-refractivity contribution is -0.139. The van der Waals surface area contributed by atoms with Gasteiger partial charge in [0.25, 0.3) is 0 Å². The minimum Gasteiger partial charge on any atom is -0.495 e. The molecule has 0 aromatic heterocycles. The van der Waals surface area contributed by atoms with E-state index in [1.54, 1.807) is 6.08 Å². The maximum absolute atomic E-state index is 12.4. The van der Waals surface area contributed by atoms with Crippen molar-refractivity contribution in [2.45, 2.75) is 4.90 Å². The van der Waals surface area contributed by atoms with Gasteiger partial charge in [0.1, 0.15) is 16.3 Å². The van der Waals surface area contributed by atoms with Gasteiger partial charge in [-0.25, -0.2) is 23.1 Å². The fraction of sp³-hybridized carbons (Fsp3) is 0.176. The highest BCUT2D eigenvalue weighted by Crippen LogP contribution is 2.32. The molecule has 0 bridgehead atoms. The summed E-state index contributed by atoms with van der Waals surface area (Å²) in [5.74, 6) is -1.55. The summed E-state index contributed by atoms with van der Waals surface area (Å²) in [6, 6.07) is 4.11. The molecule has 9 nitrogen and oxygen atoms in total. The number of esters is 2. The third-order valence-electron chi connectivity index (χ3n) is 3.62. The molecule has 0 amide bonds. The molecule has 2 N–H and O–H groups in total. The Hall–Kier alpha value is -3.11. The van der Waals surface area contributed by atoms with Crippen molar-refractivity contribution >= 4 is 27.6 Å². The first kappa shape index (κ1) is 20.2. The minimum atomic E-state index is -4.11. The number of benzene rings is 1. The van der Waals surface area contributed by atoms with Crippen molar-refractivity contribution in [1.82, 2.24) is 0 Å². The summed E-state index contributed by atoms with van der Waals surface area (Å²) in [5.41, 5.74) is 0.0174. The third kappa shape index (κ3) is 4.18. The second-order valence-electron chi connectivity index (χ2n) is 5.20. The molecule has 1 heterocycles. The predicted octanol–water partition coefficient (Wildman–Crippen LogP) is 0.833. The predicted molar refractivity (Wildman–Crippen MR) is 96.2 cm³/mol. The Morgan fingerprint density at radius 1 is 1.04 bits per heavy atom. The Kier molecular flexibility index (Phi) is 6.03. The van der Waals surface area contributed by atoms with Gasteiger partial charge < -0.3 is 19.1 Å². The van der Waals surface area contributed by atoms with Crippen LogP contribution in [0.3, 0.4) is 0 Å². The van der Waals surface area contributed by atoms with Crippen LogP contribution in [0.5, 0.6) is 5.75 Å². The van der Waals surface area contributed by atoms with Crippen LogP contribution in [0.1, 0.15) is 0 Å². The highest BCUT2D eigenvalue weighted by atomic mass is 32.2. The largest absolute Gasteiger partial charge is 0.495 e. The van der Waals surface area contributed by atoms with Crippen LogP contribution in [0.15, 0.2) is 58.8 Å². The fourth-order valence-electron chi connectivity index (χ4n) is 2.40. The van der Waals surface area contributed by atoms with Crippen LogP contribution in [0, 0.1) is 0 Å². The molecule has 1 aromatic rings. The molecule has 1 aromatic carbocycles. The molecule has 0 radical (unpaired) electrons. The van der Waals surface area contributed by atoms with Crippen molar-refractivity contribution in [3.63, 3.8) is 0 Å². The number of carbonyl (C=O) groups is 2. The average molecular weight is 394 g/mol. The molecule has 10 heteroatoms. The van der Waals surface area contributed by atoms with Crippen molar-refractivity contribution in [2.24, 2.45) is 5.14 Å². The Balaban J connectivity index is 2.75. The quantitative estimate of drug-likeness (QED) is 0.728. The van der Waals surface area contributed by atoms with E-state index in [0.29, 0.717) is 0 Å². The van der Waals surface area contributed by atoms with Gasteiger partial charge in [-0.1, -0.05) is 6.08 Å². The van der Waals surface area contributed by atoms with Gasteiger partial charge in [0.15, 0.2) is 0 Å². The maximum atomic E-state index is 12.4. The van der Waals surface area contributed by atoms with E-state index in [2.05, 4.69) is 0 Å². The molecule has 0 spiro atoms. The van der Waals surface area contributed by atoms with E-state index in [1.165, 1.54) is 55.7 Å². The van der Waals surface area contributed by atoms with E-state index in [0.717, 1.165) is 7.11 Å². The molecule has 0 fully saturated rings. The summed E-state index contributed by atoms with van der Waals surface area (Å²) in [4.78, 5) is 25.5. The number of hydrogen-bond donors (Lipinski definition) is 1. The summed E-state index contributed by atoms with van der Waals surface area (Å²) >= 11 is 0. The van der Waals surface area contributed by atoms with Gasteiger partial charge >= 0.3 is 11.9 Å². The summed E-state index contributed by atoms with van der Waals surface area (Å²) in [6.45, 7) is 0. The zero-order valence-electron chi connectivity index (χ0n) is 14.8. The average Bonchev–Trinajstić information content (AvgIpc) is 2.88. The topological polar surface area (TPSA) is 125 Å². The second-order valence-corrected chi connectivity index (χ2v) is 6.73. The van der Waals surface area contributed by atoms with Crippen molar-refractivity contribution in [1.29, 1.82) is 0 Å². The van der Waals surface area contributed by atoms with Crippen LogP contribution in [-0.2, 0) is 29.1 Å². The molecular weight excluding hydrogens is 376 g/mol. The molecule has 0 unspecified atom stereocenters. The number of carbonyl (C=O) groups excluding carboxylic acids is 2. The Morgan fingerprint density at radius 2 is 1.70 bits per heavy atom. The number of nitrogens with zero attached hydrogens (tertiary/aromatic N) is 1. The number of ether oxygens (including phenoxy) is 3. The number of hydrogen-bond acceptors (Lipinski definition) is 8. The number of primary sulfonamides is 1. The van der Waals surface area contributed by atoms with Crippen LogP contribution in [0.4, 0.5) is 5.69 Å². The molecule has 0 saturated heterocycles. The van der Waals surface area contributed by atoms with Crippen LogP contribution in [0.25, 0.3) is 0 Å². The molecule has 1 aliphatic rings. The van der Waals surface area contributed by atoms with E-state index in [9.17, 15) is 18.0 Å². The normalized spacial score (nSPS) is 14.0. The molecule has 0 atom stereocenters. The lowest BCUT2D eigenvalue weighted by atomic mass is 10.1. The number of rotatable bonds is 5. The van der Waals surface area contributed by atoms with Crippen LogP contribution >= 0.6 is 0 Å². The third-order valence-corrected chi connectivity index (χ3v) is 4.55. The summed E-state index contributed by atoms with van der Waals surface area (Å²) in [7, 11) is -0.478. The van der Waals surface area contributed by atoms with Crippen LogP contribution in [0.2, 0.25) is 0 Å². The van der Waals surface area contributed by atoms with Gasteiger partial charge in [-0.3, -0.25) is 0 Å². The van der Waals surface area contributed by atoms with Crippen LogP contribution < -0.4 is 14.8 Å². The molecule has 0 aliphatic carbocycles.